The second-order valence-corrected chi connectivity index (χ2v) is 13.2. The molecule has 4 aromatic rings. The van der Waals surface area contributed by atoms with E-state index in [1.807, 2.05) is 0 Å². The molecule has 6 heterocycles. The number of phosphoric ester groups is 2. The maximum absolute atomic E-state index is 11.7. The molecule has 2 saturated heterocycles. The molecular weight excluding hydrogens is 716 g/mol. The van der Waals surface area contributed by atoms with Crippen molar-refractivity contribution < 1.29 is 67.7 Å². The molecule has 2 aliphatic rings. The Kier molecular flexibility index (Phi) is 10.4. The third-order valence-corrected chi connectivity index (χ3v) is 8.21. The van der Waals surface area contributed by atoms with E-state index in [1.165, 1.54) is 21.8 Å². The van der Waals surface area contributed by atoms with Crippen LogP contribution in [0.3, 0.4) is 0 Å². The lowest BCUT2D eigenvalue weighted by Gasteiger charge is -2.16. The molecule has 6 rings (SSSR count). The molecule has 27 heteroatoms. The second kappa shape index (κ2) is 13.7. The minimum Gasteiger partial charge on any atom is -0.387 e. The smallest absolute Gasteiger partial charge is 0.387 e. The van der Waals surface area contributed by atoms with Crippen LogP contribution < -0.4 is 11.3 Å². The van der Waals surface area contributed by atoms with E-state index in [-0.39, 0.29) is 22.3 Å². The molecule has 2 fully saturated rings. The van der Waals surface area contributed by atoms with Gasteiger partial charge in [0, 0.05) is 0 Å². The van der Waals surface area contributed by atoms with Crippen LogP contribution in [0.25, 0.3) is 22.3 Å². The zero-order valence-electron chi connectivity index (χ0n) is 24.1. The van der Waals surface area contributed by atoms with E-state index in [9.17, 15) is 34.4 Å². The summed E-state index contributed by atoms with van der Waals surface area (Å²) >= 11 is 5.99. The van der Waals surface area contributed by atoms with Crippen molar-refractivity contribution in [3.05, 3.63) is 34.0 Å². The standard InChI is InChI=1S/C11H14ClN4O7P.C10H14N5O8P/c1-4-14-9(12)6-10(15-4)16(3-13-6)11-8(18)7(17)5(23-11)2-22-24(19,20)21;11-10-13-7-4(8(18)14-10)12-2-15(7)9-6(17)5(16)3(23-9)1-22-24(19,20)21/h3,5,7-8,11,17-18H,2H2,1H3,(H2,19,20,21);2-3,5-6,9,16-17H,1H2,(H2,19,20,21)(H3,11,13,14,18)/t5?,7-,8-,11-;3?,5-,6-,9-/m11/s1. The lowest BCUT2D eigenvalue weighted by Crippen LogP contribution is -2.33. The number of aromatic amines is 1. The van der Waals surface area contributed by atoms with Gasteiger partial charge in [0.05, 0.1) is 25.9 Å². The Morgan fingerprint density at radius 1 is 0.833 bits per heavy atom. The van der Waals surface area contributed by atoms with Gasteiger partial charge in [-0.1, -0.05) is 11.6 Å². The molecule has 2 aliphatic heterocycles. The number of nitrogens with one attached hydrogen (secondary N) is 1. The number of ether oxygens (including phenoxy) is 2. The predicted octanol–water partition coefficient (Wildman–Crippen LogP) is -3.05. The van der Waals surface area contributed by atoms with Gasteiger partial charge in [-0.2, -0.15) is 4.98 Å². The van der Waals surface area contributed by atoms with E-state index in [1.54, 1.807) is 6.92 Å². The molecule has 24 nitrogen and oxygen atoms in total. The van der Waals surface area contributed by atoms with Gasteiger partial charge in [-0.3, -0.25) is 28.0 Å². The average molecular weight is 744 g/mol. The SMILES string of the molecule is Cc1nc(Cl)c2ncn([C@@H]3OC(COP(=O)(O)O)[C@@H](O)[C@H]3O)c2n1.Nc1nc2c(ncn2[C@@H]2OC(COP(=O)(O)O)[C@@H](O)[C@H]2O)c(=O)[nH]1. The van der Waals surface area contributed by atoms with Crippen LogP contribution in [-0.2, 0) is 27.7 Å². The molecule has 8 atom stereocenters. The highest BCUT2D eigenvalue weighted by molar-refractivity contribution is 7.46. The summed E-state index contributed by atoms with van der Waals surface area (Å²) < 4.78 is 43.5. The largest absolute Gasteiger partial charge is 0.469 e. The van der Waals surface area contributed by atoms with Crippen molar-refractivity contribution in [2.75, 3.05) is 18.9 Å². The van der Waals surface area contributed by atoms with Crippen LogP contribution in [0.1, 0.15) is 18.3 Å². The molecule has 0 bridgehead atoms. The molecule has 0 aromatic carbocycles. The van der Waals surface area contributed by atoms with E-state index in [0.29, 0.717) is 17.0 Å². The first-order valence-electron chi connectivity index (χ1n) is 13.4. The van der Waals surface area contributed by atoms with Crippen LogP contribution in [0.2, 0.25) is 5.15 Å². The number of fused-ring (bicyclic) bond motifs is 2. The number of hydrogen-bond acceptors (Lipinski definition) is 17. The number of rotatable bonds is 8. The lowest BCUT2D eigenvalue weighted by molar-refractivity contribution is -0.0504. The highest BCUT2D eigenvalue weighted by Crippen LogP contribution is 2.40. The minimum absolute atomic E-state index is 0.0176. The number of aromatic nitrogens is 8. The Morgan fingerprint density at radius 3 is 1.77 bits per heavy atom. The Bertz CT molecular complexity index is 1950. The van der Waals surface area contributed by atoms with E-state index in [4.69, 9.17) is 46.4 Å². The summed E-state index contributed by atoms with van der Waals surface area (Å²) in [6.07, 6.45) is -7.93. The zero-order chi connectivity index (χ0) is 35.3. The van der Waals surface area contributed by atoms with Gasteiger partial charge < -0.3 is 55.2 Å². The summed E-state index contributed by atoms with van der Waals surface area (Å²) in [4.78, 5) is 68.8. The number of aliphatic hydroxyl groups excluding tert-OH is 4. The summed E-state index contributed by atoms with van der Waals surface area (Å²) in [6.45, 7) is 0.377. The van der Waals surface area contributed by atoms with Gasteiger partial charge in [0.15, 0.2) is 34.4 Å². The van der Waals surface area contributed by atoms with Gasteiger partial charge >= 0.3 is 15.6 Å². The Morgan fingerprint density at radius 2 is 1.29 bits per heavy atom. The quantitative estimate of drug-likeness (QED) is 0.0632. The topological polar surface area (TPSA) is 366 Å². The Balaban J connectivity index is 0.000000188. The van der Waals surface area contributed by atoms with Crippen LogP contribution in [0.4, 0.5) is 5.95 Å². The molecule has 4 aromatic heterocycles. The molecule has 0 amide bonds. The summed E-state index contributed by atoms with van der Waals surface area (Å²) in [5, 5.41) is 40.4. The van der Waals surface area contributed by atoms with E-state index >= 15 is 0 Å². The van der Waals surface area contributed by atoms with Crippen LogP contribution in [0, 0.1) is 6.92 Å². The maximum Gasteiger partial charge on any atom is 0.469 e. The number of aryl methyl sites for hydroxylation is 1. The molecule has 11 N–H and O–H groups in total. The van der Waals surface area contributed by atoms with Crippen molar-refractivity contribution in [3.8, 4) is 0 Å². The van der Waals surface area contributed by atoms with Crippen LogP contribution in [0.5, 0.6) is 0 Å². The van der Waals surface area contributed by atoms with E-state index < -0.39 is 83.5 Å². The van der Waals surface area contributed by atoms with Gasteiger partial charge in [0.1, 0.15) is 48.0 Å². The number of anilines is 1. The second-order valence-electron chi connectivity index (χ2n) is 10.3. The molecule has 2 unspecified atom stereocenters. The van der Waals surface area contributed by atoms with Crippen molar-refractivity contribution in [1.29, 1.82) is 0 Å². The van der Waals surface area contributed by atoms with Crippen molar-refractivity contribution in [1.82, 2.24) is 39.0 Å². The van der Waals surface area contributed by atoms with Crippen LogP contribution >= 0.6 is 27.2 Å². The van der Waals surface area contributed by atoms with E-state index in [2.05, 4.69) is 39.0 Å². The highest BCUT2D eigenvalue weighted by atomic mass is 35.5. The number of aliphatic hydroxyl groups is 4. The average Bonchev–Trinajstić information content (AvgIpc) is 3.72. The lowest BCUT2D eigenvalue weighted by atomic mass is 10.1. The minimum atomic E-state index is -4.76. The summed E-state index contributed by atoms with van der Waals surface area (Å²) in [7, 11) is -9.49. The van der Waals surface area contributed by atoms with Gasteiger partial charge in [-0.25, -0.2) is 29.1 Å². The summed E-state index contributed by atoms with van der Waals surface area (Å²) in [5.41, 5.74) is 5.43. The first-order chi connectivity index (χ1) is 22.3. The van der Waals surface area contributed by atoms with Crippen molar-refractivity contribution in [2.45, 2.75) is 56.0 Å². The molecular formula is C21H28ClN9O15P2. The Hall–Kier alpha value is -3.03. The normalized spacial score (nSPS) is 27.9. The summed E-state index contributed by atoms with van der Waals surface area (Å²) in [6, 6.07) is 0. The number of phosphoric acid groups is 2. The van der Waals surface area contributed by atoms with Crippen LogP contribution in [-0.4, -0.2) is 129 Å². The van der Waals surface area contributed by atoms with Crippen molar-refractivity contribution >= 4 is 55.5 Å². The third-order valence-electron chi connectivity index (χ3n) is 6.98. The number of nitrogen functional groups attached to an aromatic ring is 1. The molecule has 0 saturated carbocycles. The van der Waals surface area contributed by atoms with Gasteiger partial charge in [-0.15, -0.1) is 0 Å². The van der Waals surface area contributed by atoms with E-state index in [0.717, 1.165) is 0 Å². The predicted molar refractivity (Wildman–Crippen MR) is 155 cm³/mol. The third kappa shape index (κ3) is 7.73. The molecule has 264 valence electrons. The molecule has 0 spiro atoms. The number of H-pyrrole nitrogens is 1. The fraction of sp³-hybridized carbons (Fsp3) is 0.524. The van der Waals surface area contributed by atoms with Gasteiger partial charge in [0.2, 0.25) is 5.95 Å². The van der Waals surface area contributed by atoms with Gasteiger partial charge in [-0.05, 0) is 6.92 Å². The molecule has 48 heavy (non-hydrogen) atoms. The fourth-order valence-electron chi connectivity index (χ4n) is 4.83. The van der Waals surface area contributed by atoms with Gasteiger partial charge in [0.25, 0.3) is 5.56 Å². The van der Waals surface area contributed by atoms with Crippen LogP contribution in [0.15, 0.2) is 17.4 Å². The first kappa shape index (κ1) is 36.3. The number of halogens is 1. The summed E-state index contributed by atoms with van der Waals surface area (Å²) in [5.74, 6) is 0.201. The zero-order valence-corrected chi connectivity index (χ0v) is 26.6. The maximum atomic E-state index is 11.7. The monoisotopic (exact) mass is 743 g/mol. The Labute approximate surface area is 271 Å². The fourth-order valence-corrected chi connectivity index (χ4v) is 5.77. The number of nitrogens with zero attached hydrogens (tertiary/aromatic N) is 7. The first-order valence-corrected chi connectivity index (χ1v) is 16.8. The van der Waals surface area contributed by atoms with Crippen molar-refractivity contribution in [3.63, 3.8) is 0 Å². The highest BCUT2D eigenvalue weighted by Gasteiger charge is 2.46. The molecule has 0 radical (unpaired) electrons. The number of nitrogens with two attached hydrogens (primary N) is 1. The number of imidazole rings is 2. The molecule has 0 aliphatic carbocycles. The number of hydrogen-bond donors (Lipinski definition) is 10. The van der Waals surface area contributed by atoms with Crippen molar-refractivity contribution in [2.24, 2.45) is 0 Å².